The molecule has 0 radical (unpaired) electrons. The van der Waals surface area contributed by atoms with Gasteiger partial charge in [-0.1, -0.05) is 23.8 Å². The minimum Gasteiger partial charge on any atom is -0.330 e. The highest BCUT2D eigenvalue weighted by atomic mass is 19.1. The number of halogens is 1. The molecule has 0 spiro atoms. The number of rotatable bonds is 5. The van der Waals surface area contributed by atoms with Gasteiger partial charge in [0, 0.05) is 17.8 Å². The van der Waals surface area contributed by atoms with Gasteiger partial charge < -0.3 is 10.6 Å². The Morgan fingerprint density at radius 3 is 2.52 bits per heavy atom. The molecular weight excluding hydrogens is 267 g/mol. The van der Waals surface area contributed by atoms with Gasteiger partial charge in [-0.3, -0.25) is 4.79 Å². The number of carbonyl (C=O) groups excluding carboxylic acids is 1. The Bertz CT molecular complexity index is 610. The molecule has 0 saturated heterocycles. The monoisotopic (exact) mass is 286 g/mol. The molecule has 0 saturated carbocycles. The molecule has 2 aromatic rings. The summed E-state index contributed by atoms with van der Waals surface area (Å²) in [5.74, 6) is -0.629. The summed E-state index contributed by atoms with van der Waals surface area (Å²) >= 11 is 0. The number of benzene rings is 2. The summed E-state index contributed by atoms with van der Waals surface area (Å²) in [5, 5.41) is 0. The van der Waals surface area contributed by atoms with Crippen molar-refractivity contribution < 1.29 is 9.18 Å². The first-order valence-corrected chi connectivity index (χ1v) is 6.96. The van der Waals surface area contributed by atoms with Crippen molar-refractivity contribution in [2.24, 2.45) is 5.73 Å². The fraction of sp³-hybridized carbons (Fsp3) is 0.235. The van der Waals surface area contributed by atoms with E-state index in [0.29, 0.717) is 25.1 Å². The predicted octanol–water partition coefficient (Wildman–Crippen LogP) is 3.13. The first-order chi connectivity index (χ1) is 10.1. The Labute approximate surface area is 124 Å². The highest BCUT2D eigenvalue weighted by Gasteiger charge is 2.17. The maximum absolute atomic E-state index is 13.3. The van der Waals surface area contributed by atoms with Crippen LogP contribution in [0.1, 0.15) is 22.3 Å². The van der Waals surface area contributed by atoms with Crippen LogP contribution in [0, 0.1) is 12.7 Å². The molecule has 0 aromatic heterocycles. The molecule has 1 amide bonds. The summed E-state index contributed by atoms with van der Waals surface area (Å²) in [6, 6.07) is 13.4. The fourth-order valence-corrected chi connectivity index (χ4v) is 2.10. The Balaban J connectivity index is 2.31. The third kappa shape index (κ3) is 3.89. The molecule has 0 aliphatic heterocycles. The number of hydrogen-bond donors (Lipinski definition) is 1. The maximum Gasteiger partial charge on any atom is 0.258 e. The van der Waals surface area contributed by atoms with Crippen LogP contribution in [0.3, 0.4) is 0 Å². The lowest BCUT2D eigenvalue weighted by atomic mass is 10.1. The van der Waals surface area contributed by atoms with E-state index in [4.69, 9.17) is 5.73 Å². The molecule has 3 nitrogen and oxygen atoms in total. The molecule has 4 heteroatoms. The van der Waals surface area contributed by atoms with E-state index in [1.807, 2.05) is 31.2 Å². The zero-order chi connectivity index (χ0) is 15.2. The first kappa shape index (κ1) is 15.2. The van der Waals surface area contributed by atoms with Crippen LogP contribution in [0.25, 0.3) is 0 Å². The smallest absolute Gasteiger partial charge is 0.258 e. The quantitative estimate of drug-likeness (QED) is 0.918. The highest BCUT2D eigenvalue weighted by molar-refractivity contribution is 6.06. The summed E-state index contributed by atoms with van der Waals surface area (Å²) in [5.41, 5.74) is 7.80. The number of nitrogens with zero attached hydrogens (tertiary/aromatic N) is 1. The molecular formula is C17H19FN2O. The van der Waals surface area contributed by atoms with Gasteiger partial charge in [0.15, 0.2) is 0 Å². The van der Waals surface area contributed by atoms with Gasteiger partial charge in [0.25, 0.3) is 5.91 Å². The van der Waals surface area contributed by atoms with Crippen molar-refractivity contribution in [3.63, 3.8) is 0 Å². The average molecular weight is 286 g/mol. The number of nitrogens with two attached hydrogens (primary N) is 1. The number of amides is 1. The van der Waals surface area contributed by atoms with E-state index in [2.05, 4.69) is 0 Å². The van der Waals surface area contributed by atoms with Gasteiger partial charge in [0.05, 0.1) is 0 Å². The topological polar surface area (TPSA) is 46.3 Å². The second kappa shape index (κ2) is 6.99. The van der Waals surface area contributed by atoms with Crippen molar-refractivity contribution in [2.75, 3.05) is 18.0 Å². The zero-order valence-corrected chi connectivity index (χ0v) is 12.1. The minimum absolute atomic E-state index is 0.216. The molecule has 0 fully saturated rings. The lowest BCUT2D eigenvalue weighted by molar-refractivity contribution is 0.0986. The molecule has 21 heavy (non-hydrogen) atoms. The standard InChI is InChI=1S/C17H19FN2O/c1-13-6-8-16(9-7-13)20(11-3-10-19)17(21)14-4-2-5-15(18)12-14/h2,4-9,12H,3,10-11,19H2,1H3. The third-order valence-electron chi connectivity index (χ3n) is 3.25. The van der Waals surface area contributed by atoms with E-state index in [9.17, 15) is 9.18 Å². The average Bonchev–Trinajstić information content (AvgIpc) is 2.49. The first-order valence-electron chi connectivity index (χ1n) is 6.96. The summed E-state index contributed by atoms with van der Waals surface area (Å²) in [7, 11) is 0. The zero-order valence-electron chi connectivity index (χ0n) is 12.1. The summed E-state index contributed by atoms with van der Waals surface area (Å²) in [6.07, 6.45) is 0.689. The maximum atomic E-state index is 13.3. The molecule has 2 rings (SSSR count). The number of hydrogen-bond acceptors (Lipinski definition) is 2. The molecule has 2 aromatic carbocycles. The lowest BCUT2D eigenvalue weighted by Gasteiger charge is -2.23. The van der Waals surface area contributed by atoms with E-state index < -0.39 is 5.82 Å². The second-order valence-electron chi connectivity index (χ2n) is 4.94. The Hall–Kier alpha value is -2.20. The van der Waals surface area contributed by atoms with Crippen molar-refractivity contribution in [3.8, 4) is 0 Å². The van der Waals surface area contributed by atoms with Crippen molar-refractivity contribution in [2.45, 2.75) is 13.3 Å². The van der Waals surface area contributed by atoms with Crippen molar-refractivity contribution >= 4 is 11.6 Å². The fourth-order valence-electron chi connectivity index (χ4n) is 2.10. The molecule has 2 N–H and O–H groups in total. The van der Waals surface area contributed by atoms with Crippen LogP contribution in [-0.2, 0) is 0 Å². The van der Waals surface area contributed by atoms with Gasteiger partial charge in [-0.2, -0.15) is 0 Å². The molecule has 0 aliphatic carbocycles. The van der Waals surface area contributed by atoms with Gasteiger partial charge in [0.1, 0.15) is 5.82 Å². The van der Waals surface area contributed by atoms with Crippen molar-refractivity contribution in [1.29, 1.82) is 0 Å². The number of aryl methyl sites for hydroxylation is 1. The second-order valence-corrected chi connectivity index (χ2v) is 4.94. The van der Waals surface area contributed by atoms with Gasteiger partial charge in [-0.05, 0) is 50.2 Å². The normalized spacial score (nSPS) is 10.4. The van der Waals surface area contributed by atoms with Gasteiger partial charge in [0.2, 0.25) is 0 Å². The SMILES string of the molecule is Cc1ccc(N(CCCN)C(=O)c2cccc(F)c2)cc1. The molecule has 0 heterocycles. The minimum atomic E-state index is -0.413. The van der Waals surface area contributed by atoms with Crippen LogP contribution in [-0.4, -0.2) is 19.0 Å². The predicted molar refractivity (Wildman–Crippen MR) is 82.9 cm³/mol. The van der Waals surface area contributed by atoms with Crippen molar-refractivity contribution in [3.05, 3.63) is 65.5 Å². The molecule has 110 valence electrons. The largest absolute Gasteiger partial charge is 0.330 e. The lowest BCUT2D eigenvalue weighted by Crippen LogP contribution is -2.33. The Kier molecular flexibility index (Phi) is 5.06. The molecule has 0 aliphatic rings. The van der Waals surface area contributed by atoms with E-state index in [1.165, 1.54) is 12.1 Å². The number of anilines is 1. The van der Waals surface area contributed by atoms with E-state index in [-0.39, 0.29) is 5.91 Å². The third-order valence-corrected chi connectivity index (χ3v) is 3.25. The van der Waals surface area contributed by atoms with Crippen LogP contribution >= 0.6 is 0 Å². The highest BCUT2D eigenvalue weighted by Crippen LogP contribution is 2.19. The molecule has 0 atom stereocenters. The van der Waals surface area contributed by atoms with E-state index in [0.717, 1.165) is 11.3 Å². The van der Waals surface area contributed by atoms with Gasteiger partial charge >= 0.3 is 0 Å². The Morgan fingerprint density at radius 1 is 1.19 bits per heavy atom. The van der Waals surface area contributed by atoms with Gasteiger partial charge in [-0.25, -0.2) is 4.39 Å². The van der Waals surface area contributed by atoms with Crippen LogP contribution in [0.4, 0.5) is 10.1 Å². The van der Waals surface area contributed by atoms with Crippen LogP contribution in [0.5, 0.6) is 0 Å². The summed E-state index contributed by atoms with van der Waals surface area (Å²) in [4.78, 5) is 14.2. The van der Waals surface area contributed by atoms with Crippen molar-refractivity contribution in [1.82, 2.24) is 0 Å². The molecule has 0 unspecified atom stereocenters. The van der Waals surface area contributed by atoms with E-state index in [1.54, 1.807) is 17.0 Å². The van der Waals surface area contributed by atoms with Crippen LogP contribution < -0.4 is 10.6 Å². The summed E-state index contributed by atoms with van der Waals surface area (Å²) < 4.78 is 13.3. The van der Waals surface area contributed by atoms with Crippen LogP contribution in [0.2, 0.25) is 0 Å². The number of carbonyl (C=O) groups is 1. The Morgan fingerprint density at radius 2 is 1.90 bits per heavy atom. The van der Waals surface area contributed by atoms with E-state index >= 15 is 0 Å². The van der Waals surface area contributed by atoms with Crippen LogP contribution in [0.15, 0.2) is 48.5 Å². The molecule has 0 bridgehead atoms. The van der Waals surface area contributed by atoms with Gasteiger partial charge in [-0.15, -0.1) is 0 Å². The summed E-state index contributed by atoms with van der Waals surface area (Å²) in [6.45, 7) is 3.00.